The molecule has 9 rings (SSSR count). The molecule has 7 heterocycles. The molecule has 4 aromatic heterocycles. The van der Waals surface area contributed by atoms with E-state index in [1.165, 1.54) is 17.5 Å². The molecule has 3 saturated heterocycles. The number of carbonyl (C=O) groups is 2. The van der Waals surface area contributed by atoms with Crippen molar-refractivity contribution in [3.05, 3.63) is 92.7 Å². The van der Waals surface area contributed by atoms with Crippen LogP contribution in [0.5, 0.6) is 0 Å². The van der Waals surface area contributed by atoms with Gasteiger partial charge in [0.2, 0.25) is 29.8 Å². The molecule has 3 aliphatic rings. The van der Waals surface area contributed by atoms with Crippen molar-refractivity contribution in [1.82, 2.24) is 50.1 Å². The van der Waals surface area contributed by atoms with E-state index in [1.54, 1.807) is 23.9 Å². The summed E-state index contributed by atoms with van der Waals surface area (Å²) in [5.41, 5.74) is 2.37. The predicted octanol–water partition coefficient (Wildman–Crippen LogP) is 4.88. The minimum Gasteiger partial charge on any atom is -0.387 e. The SMILES string of the molecule is CCOP(C)(=O)CC(=O)NC[C@H]1O[C@@H](n2ncc3c(NCc4ccccc4Cl)nc(Cl)nc32)[C@@H]2OC(C)(C)O[C@@H]21.O=C(CP(=O)(O)O)NC[C@H]1O[C@@H](n2ncc3c(NCc4ccccc4Cl)nc(Cl)nc32)[C@H](O)[C@@H]1O. The lowest BCUT2D eigenvalue weighted by Crippen LogP contribution is -2.40. The Hall–Kier alpha value is -4.66. The highest BCUT2D eigenvalue weighted by molar-refractivity contribution is 7.59. The molecule has 2 aromatic carbocycles. The number of ether oxygens (including phenoxy) is 4. The third-order valence-corrected chi connectivity index (χ3v) is 15.2. The summed E-state index contributed by atoms with van der Waals surface area (Å²) in [6.07, 6.45) is -5.66. The number of aliphatic hydroxyl groups excluding tert-OH is 2. The summed E-state index contributed by atoms with van der Waals surface area (Å²) in [5, 5.41) is 43.4. The highest BCUT2D eigenvalue weighted by Crippen LogP contribution is 2.45. The summed E-state index contributed by atoms with van der Waals surface area (Å²) in [4.78, 5) is 59.1. The van der Waals surface area contributed by atoms with Gasteiger partial charge in [0.05, 0.1) is 29.8 Å². The molecule has 3 aliphatic heterocycles. The molecule has 0 saturated carbocycles. The van der Waals surface area contributed by atoms with E-state index in [0.29, 0.717) is 51.2 Å². The average Bonchev–Trinajstić information content (AvgIpc) is 4.15. The van der Waals surface area contributed by atoms with Crippen molar-refractivity contribution in [2.45, 2.75) is 88.7 Å². The Morgan fingerprint density at radius 1 is 0.707 bits per heavy atom. The first-order valence-corrected chi connectivity index (χ1v) is 28.6. The van der Waals surface area contributed by atoms with Crippen LogP contribution in [-0.4, -0.2) is 152 Å². The fourth-order valence-corrected chi connectivity index (χ4v) is 11.0. The van der Waals surface area contributed by atoms with Gasteiger partial charge in [-0.05, 0) is 67.2 Å². The molecule has 75 heavy (non-hydrogen) atoms. The second-order valence-corrected chi connectivity index (χ2v) is 23.7. The summed E-state index contributed by atoms with van der Waals surface area (Å²) in [6.45, 7) is 7.63. The number of halogens is 4. The van der Waals surface area contributed by atoms with Gasteiger partial charge in [-0.2, -0.15) is 30.1 Å². The van der Waals surface area contributed by atoms with Crippen LogP contribution in [0, 0.1) is 0 Å². The maximum Gasteiger partial charge on any atom is 0.334 e. The van der Waals surface area contributed by atoms with E-state index in [1.807, 2.05) is 56.3 Å². The number of aliphatic hydroxyl groups is 2. The van der Waals surface area contributed by atoms with Crippen molar-refractivity contribution in [2.24, 2.45) is 0 Å². The first kappa shape index (κ1) is 56.5. The number of hydrogen-bond donors (Lipinski definition) is 8. The minimum atomic E-state index is -4.55. The molecule has 2 amide bonds. The van der Waals surface area contributed by atoms with Crippen LogP contribution in [0.2, 0.25) is 20.6 Å². The van der Waals surface area contributed by atoms with Crippen LogP contribution in [0.15, 0.2) is 60.9 Å². The Morgan fingerprint density at radius 2 is 1.19 bits per heavy atom. The standard InChI is InChI=1S/C25H31Cl2N6O6P.C19H21Cl2N6O7P/c1-5-36-40(4,35)13-18(34)28-12-17-19-20(39-25(2,3)38-19)23(37-17)33-22-15(11-30-33)21(31-24(27)32-22)29-10-14-8-6-7-9-16(14)26;20-11-4-2-1-3-9(11)5-23-16-10-6-24-27(17(10)26-19(21)25-16)18-15(30)14(29)12(34-18)7-22-13(28)8-35(31,32)33/h6-9,11,17,19-20,23H,5,10,12-13H2,1-4H3,(H,28,34)(H,29,31,32);1-4,6,12,14-15,18,29-30H,5,7-8H2,(H,22,28)(H,23,25,26)(H2,31,32,33)/t17-,19-,20-,23-,40?;12-,14-,15-,18-/m11/s1. The van der Waals surface area contributed by atoms with E-state index in [2.05, 4.69) is 51.4 Å². The predicted molar refractivity (Wildman–Crippen MR) is 275 cm³/mol. The first-order chi connectivity index (χ1) is 35.5. The maximum atomic E-state index is 12.5. The molecule has 3 fully saturated rings. The molecule has 0 spiro atoms. The largest absolute Gasteiger partial charge is 0.387 e. The van der Waals surface area contributed by atoms with Crippen molar-refractivity contribution in [2.75, 3.05) is 49.3 Å². The quantitative estimate of drug-likeness (QED) is 0.0420. The van der Waals surface area contributed by atoms with E-state index < -0.39 is 87.8 Å². The lowest BCUT2D eigenvalue weighted by atomic mass is 10.1. The number of amides is 2. The Morgan fingerprint density at radius 3 is 1.71 bits per heavy atom. The number of fused-ring (bicyclic) bond motifs is 3. The molecule has 0 radical (unpaired) electrons. The number of anilines is 2. The summed E-state index contributed by atoms with van der Waals surface area (Å²) < 4.78 is 55.7. The second kappa shape index (κ2) is 23.5. The number of hydrogen-bond acceptors (Lipinski definition) is 19. The number of rotatable bonds is 18. The molecule has 1 unspecified atom stereocenters. The number of aromatic nitrogens is 8. The van der Waals surface area contributed by atoms with Crippen LogP contribution >= 0.6 is 61.4 Å². The number of nitrogens with zero attached hydrogens (tertiary/aromatic N) is 8. The van der Waals surface area contributed by atoms with E-state index >= 15 is 0 Å². The second-order valence-electron chi connectivity index (χ2n) is 17.9. The zero-order chi connectivity index (χ0) is 54.0. The van der Waals surface area contributed by atoms with Gasteiger partial charge in [-0.15, -0.1) is 0 Å². The van der Waals surface area contributed by atoms with Crippen LogP contribution in [0.25, 0.3) is 22.1 Å². The molecular formula is C44H52Cl4N12O13P2. The number of benzene rings is 2. The van der Waals surface area contributed by atoms with Gasteiger partial charge in [0, 0.05) is 42.9 Å². The van der Waals surface area contributed by atoms with Gasteiger partial charge in [-0.25, -0.2) is 9.36 Å². The van der Waals surface area contributed by atoms with Crippen molar-refractivity contribution >= 4 is 107 Å². The van der Waals surface area contributed by atoms with Crippen LogP contribution in [0.3, 0.4) is 0 Å². The third-order valence-electron chi connectivity index (χ3n) is 11.8. The van der Waals surface area contributed by atoms with Crippen molar-refractivity contribution < 1.29 is 62.2 Å². The zero-order valence-electron chi connectivity index (χ0n) is 40.3. The summed E-state index contributed by atoms with van der Waals surface area (Å²) in [7, 11) is -7.58. The first-order valence-electron chi connectivity index (χ1n) is 23.1. The van der Waals surface area contributed by atoms with Gasteiger partial charge in [-0.3, -0.25) is 18.7 Å². The molecule has 0 bridgehead atoms. The normalized spacial score (nSPS) is 23.8. The van der Waals surface area contributed by atoms with Gasteiger partial charge in [0.15, 0.2) is 29.5 Å². The monoisotopic (exact) mass is 1160 g/mol. The third kappa shape index (κ3) is 13.7. The van der Waals surface area contributed by atoms with Gasteiger partial charge in [0.25, 0.3) is 0 Å². The van der Waals surface area contributed by atoms with Crippen LogP contribution in [0.4, 0.5) is 11.6 Å². The number of nitrogens with one attached hydrogen (secondary N) is 4. The van der Waals surface area contributed by atoms with Gasteiger partial charge < -0.3 is 64.7 Å². The molecule has 9 atom stereocenters. The average molecular weight is 1160 g/mol. The lowest BCUT2D eigenvalue weighted by molar-refractivity contribution is -0.197. The molecule has 0 aliphatic carbocycles. The zero-order valence-corrected chi connectivity index (χ0v) is 45.1. The van der Waals surface area contributed by atoms with Crippen molar-refractivity contribution in [1.29, 1.82) is 0 Å². The van der Waals surface area contributed by atoms with E-state index in [0.717, 1.165) is 11.1 Å². The Kier molecular flexibility index (Phi) is 17.7. The van der Waals surface area contributed by atoms with E-state index in [-0.39, 0.29) is 42.1 Å². The van der Waals surface area contributed by atoms with Crippen LogP contribution in [0.1, 0.15) is 44.4 Å². The maximum absolute atomic E-state index is 12.5. The Bertz CT molecular complexity index is 3150. The fourth-order valence-electron chi connectivity index (χ4n) is 8.51. The van der Waals surface area contributed by atoms with Crippen LogP contribution < -0.4 is 21.3 Å². The molecule has 8 N–H and O–H groups in total. The summed E-state index contributed by atoms with van der Waals surface area (Å²) >= 11 is 24.9. The van der Waals surface area contributed by atoms with E-state index in [9.17, 15) is 28.9 Å². The minimum absolute atomic E-state index is 0.0245. The molecule has 6 aromatic rings. The van der Waals surface area contributed by atoms with Gasteiger partial charge >= 0.3 is 7.60 Å². The molecule has 25 nitrogen and oxygen atoms in total. The van der Waals surface area contributed by atoms with Crippen LogP contribution in [-0.2, 0) is 55.3 Å². The highest BCUT2D eigenvalue weighted by Gasteiger charge is 2.56. The van der Waals surface area contributed by atoms with Gasteiger partial charge in [0.1, 0.15) is 60.6 Å². The topological polar surface area (TPSA) is 331 Å². The van der Waals surface area contributed by atoms with Gasteiger partial charge in [-0.1, -0.05) is 59.6 Å². The number of carbonyl (C=O) groups excluding carboxylic acids is 2. The van der Waals surface area contributed by atoms with Crippen molar-refractivity contribution in [3.8, 4) is 0 Å². The Labute approximate surface area is 447 Å². The molecule has 31 heteroatoms. The van der Waals surface area contributed by atoms with E-state index in [4.69, 9.17) is 79.7 Å². The lowest BCUT2D eigenvalue weighted by Gasteiger charge is -2.24. The summed E-state index contributed by atoms with van der Waals surface area (Å²) in [6, 6.07) is 14.8. The summed E-state index contributed by atoms with van der Waals surface area (Å²) in [5.74, 6) is -1.36. The highest BCUT2D eigenvalue weighted by atomic mass is 35.5. The smallest absolute Gasteiger partial charge is 0.334 e. The fraction of sp³-hybridized carbons (Fsp3) is 0.455. The van der Waals surface area contributed by atoms with Crippen molar-refractivity contribution in [3.63, 3.8) is 0 Å². The Balaban J connectivity index is 0.000000201. The molecule has 404 valence electrons. The molecular weight excluding hydrogens is 1110 g/mol.